The molecule has 1 aromatic rings. The molecule has 0 bridgehead atoms. The molecule has 1 saturated carbocycles. The molecule has 0 amide bonds. The van der Waals surface area contributed by atoms with Crippen LogP contribution in [0.4, 0.5) is 5.82 Å². The summed E-state index contributed by atoms with van der Waals surface area (Å²) in [4.78, 5) is 19.0. The zero-order valence-corrected chi connectivity index (χ0v) is 10.3. The molecule has 2 N–H and O–H groups in total. The maximum Gasteiger partial charge on any atom is 0.306 e. The molecule has 6 nitrogen and oxygen atoms in total. The molecule has 2 atom stereocenters. The minimum atomic E-state index is -0.707. The molecule has 2 unspecified atom stereocenters. The van der Waals surface area contributed by atoms with Crippen LogP contribution in [0.5, 0.6) is 5.88 Å². The number of ether oxygens (including phenoxy) is 1. The summed E-state index contributed by atoms with van der Waals surface area (Å²) in [5.41, 5.74) is 0. The Bertz CT molecular complexity index is 425. The van der Waals surface area contributed by atoms with Gasteiger partial charge in [-0.05, 0) is 19.3 Å². The molecule has 98 valence electrons. The normalized spacial score (nSPS) is 23.4. The molecule has 0 aromatic carbocycles. The van der Waals surface area contributed by atoms with Crippen molar-refractivity contribution in [3.05, 3.63) is 12.4 Å². The molecule has 1 aliphatic rings. The molecule has 6 heteroatoms. The van der Waals surface area contributed by atoms with Gasteiger partial charge < -0.3 is 15.2 Å². The number of carboxylic acids is 1. The molecule has 1 aliphatic carbocycles. The number of methoxy groups -OCH3 is 1. The van der Waals surface area contributed by atoms with Gasteiger partial charge in [-0.25, -0.2) is 9.97 Å². The Balaban J connectivity index is 1.97. The molecule has 0 aliphatic heterocycles. The number of nitrogens with zero attached hydrogens (tertiary/aromatic N) is 2. The first kappa shape index (κ1) is 12.6. The van der Waals surface area contributed by atoms with Crippen LogP contribution in [0.2, 0.25) is 0 Å². The average molecular weight is 251 g/mol. The Labute approximate surface area is 105 Å². The van der Waals surface area contributed by atoms with E-state index in [1.807, 2.05) is 0 Å². The van der Waals surface area contributed by atoms with Crippen LogP contribution in [-0.4, -0.2) is 34.2 Å². The number of anilines is 1. The second-order valence-electron chi connectivity index (χ2n) is 4.49. The van der Waals surface area contributed by atoms with Crippen molar-refractivity contribution < 1.29 is 14.6 Å². The Hall–Kier alpha value is -1.85. The zero-order chi connectivity index (χ0) is 13.0. The highest BCUT2D eigenvalue weighted by atomic mass is 16.5. The molecule has 0 spiro atoms. The molecule has 18 heavy (non-hydrogen) atoms. The van der Waals surface area contributed by atoms with Gasteiger partial charge >= 0.3 is 5.97 Å². The first-order valence-electron chi connectivity index (χ1n) is 6.04. The lowest BCUT2D eigenvalue weighted by Gasteiger charge is -2.27. The third-order valence-corrected chi connectivity index (χ3v) is 3.23. The Morgan fingerprint density at radius 2 is 2.33 bits per heavy atom. The second-order valence-corrected chi connectivity index (χ2v) is 4.49. The highest BCUT2D eigenvalue weighted by molar-refractivity contribution is 5.70. The van der Waals surface area contributed by atoms with Gasteiger partial charge in [0.2, 0.25) is 5.88 Å². The topological polar surface area (TPSA) is 84.3 Å². The first-order chi connectivity index (χ1) is 8.69. The summed E-state index contributed by atoms with van der Waals surface area (Å²) in [7, 11) is 1.55. The summed E-state index contributed by atoms with van der Waals surface area (Å²) in [6, 6.07) is 1.86. The number of carbonyl (C=O) groups is 1. The van der Waals surface area contributed by atoms with Crippen molar-refractivity contribution in [2.75, 3.05) is 12.4 Å². The van der Waals surface area contributed by atoms with E-state index in [0.717, 1.165) is 19.3 Å². The van der Waals surface area contributed by atoms with E-state index < -0.39 is 5.97 Å². The van der Waals surface area contributed by atoms with Crippen molar-refractivity contribution in [2.24, 2.45) is 5.92 Å². The lowest BCUT2D eigenvalue weighted by Crippen LogP contribution is -2.31. The van der Waals surface area contributed by atoms with Crippen molar-refractivity contribution in [3.63, 3.8) is 0 Å². The van der Waals surface area contributed by atoms with Crippen LogP contribution in [0.3, 0.4) is 0 Å². The highest BCUT2D eigenvalue weighted by Gasteiger charge is 2.27. The predicted octanol–water partition coefficient (Wildman–Crippen LogP) is 1.54. The molecular formula is C12H17N3O3. The van der Waals surface area contributed by atoms with Gasteiger partial charge in [-0.15, -0.1) is 0 Å². The number of rotatable bonds is 4. The molecule has 1 aromatic heterocycles. The lowest BCUT2D eigenvalue weighted by atomic mass is 9.86. The van der Waals surface area contributed by atoms with Gasteiger partial charge in [-0.3, -0.25) is 4.79 Å². The maximum atomic E-state index is 11.0. The summed E-state index contributed by atoms with van der Waals surface area (Å²) in [6.07, 6.45) is 4.73. The summed E-state index contributed by atoms with van der Waals surface area (Å²) < 4.78 is 5.02. The molecule has 2 rings (SSSR count). The van der Waals surface area contributed by atoms with Gasteiger partial charge in [0.05, 0.1) is 13.0 Å². The Morgan fingerprint density at radius 3 is 3.06 bits per heavy atom. The summed E-state index contributed by atoms with van der Waals surface area (Å²) in [5, 5.41) is 12.3. The van der Waals surface area contributed by atoms with Crippen molar-refractivity contribution >= 4 is 11.8 Å². The quantitative estimate of drug-likeness (QED) is 0.844. The second kappa shape index (κ2) is 5.66. The summed E-state index contributed by atoms with van der Waals surface area (Å²) in [5.74, 6) is 0.220. The van der Waals surface area contributed by atoms with Gasteiger partial charge in [0.25, 0.3) is 0 Å². The number of hydrogen-bond donors (Lipinski definition) is 2. The van der Waals surface area contributed by atoms with Crippen molar-refractivity contribution in [3.8, 4) is 5.88 Å². The van der Waals surface area contributed by atoms with Crippen LogP contribution in [0.25, 0.3) is 0 Å². The van der Waals surface area contributed by atoms with Gasteiger partial charge in [0.15, 0.2) is 0 Å². The Kier molecular flexibility index (Phi) is 3.96. The minimum absolute atomic E-state index is 0.152. The standard InChI is InChI=1S/C12H17N3O3/c1-18-11-6-10(13-7-14-11)15-9-4-2-3-8(5-9)12(16)17/h6-9H,2-5H2,1H3,(H,16,17)(H,13,14,15). The minimum Gasteiger partial charge on any atom is -0.481 e. The smallest absolute Gasteiger partial charge is 0.306 e. The SMILES string of the molecule is COc1cc(NC2CCCC(C(=O)O)C2)ncn1. The average Bonchev–Trinajstić information content (AvgIpc) is 2.39. The molecule has 0 saturated heterocycles. The summed E-state index contributed by atoms with van der Waals surface area (Å²) in [6.45, 7) is 0. The monoisotopic (exact) mass is 251 g/mol. The number of nitrogens with one attached hydrogen (secondary N) is 1. The van der Waals surface area contributed by atoms with Crippen LogP contribution in [-0.2, 0) is 4.79 Å². The fourth-order valence-electron chi connectivity index (χ4n) is 2.28. The van der Waals surface area contributed by atoms with E-state index in [2.05, 4.69) is 15.3 Å². The van der Waals surface area contributed by atoms with Gasteiger partial charge in [-0.2, -0.15) is 0 Å². The summed E-state index contributed by atoms with van der Waals surface area (Å²) >= 11 is 0. The fraction of sp³-hybridized carbons (Fsp3) is 0.583. The Morgan fingerprint density at radius 1 is 1.50 bits per heavy atom. The lowest BCUT2D eigenvalue weighted by molar-refractivity contribution is -0.142. The van der Waals surface area contributed by atoms with E-state index in [0.29, 0.717) is 18.1 Å². The van der Waals surface area contributed by atoms with Gasteiger partial charge in [-0.1, -0.05) is 6.42 Å². The first-order valence-corrected chi connectivity index (χ1v) is 6.04. The molecule has 0 radical (unpaired) electrons. The van der Waals surface area contributed by atoms with E-state index in [9.17, 15) is 4.79 Å². The van der Waals surface area contributed by atoms with E-state index in [1.165, 1.54) is 6.33 Å². The van der Waals surface area contributed by atoms with E-state index in [-0.39, 0.29) is 12.0 Å². The van der Waals surface area contributed by atoms with Gasteiger partial charge in [0.1, 0.15) is 12.1 Å². The van der Waals surface area contributed by atoms with Crippen LogP contribution in [0, 0.1) is 5.92 Å². The number of aliphatic carboxylic acids is 1. The molecular weight excluding hydrogens is 234 g/mol. The van der Waals surface area contributed by atoms with E-state index in [4.69, 9.17) is 9.84 Å². The highest BCUT2D eigenvalue weighted by Crippen LogP contribution is 2.26. The van der Waals surface area contributed by atoms with Crippen molar-refractivity contribution in [2.45, 2.75) is 31.7 Å². The van der Waals surface area contributed by atoms with Crippen molar-refractivity contribution in [1.29, 1.82) is 0 Å². The van der Waals surface area contributed by atoms with Crippen LogP contribution in [0.15, 0.2) is 12.4 Å². The number of hydrogen-bond acceptors (Lipinski definition) is 5. The third-order valence-electron chi connectivity index (χ3n) is 3.23. The van der Waals surface area contributed by atoms with E-state index in [1.54, 1.807) is 13.2 Å². The van der Waals surface area contributed by atoms with Crippen molar-refractivity contribution in [1.82, 2.24) is 9.97 Å². The largest absolute Gasteiger partial charge is 0.481 e. The van der Waals surface area contributed by atoms with Crippen LogP contribution >= 0.6 is 0 Å². The zero-order valence-electron chi connectivity index (χ0n) is 10.3. The van der Waals surface area contributed by atoms with Crippen LogP contribution in [0.1, 0.15) is 25.7 Å². The maximum absolute atomic E-state index is 11.0. The van der Waals surface area contributed by atoms with Crippen LogP contribution < -0.4 is 10.1 Å². The third kappa shape index (κ3) is 3.09. The molecule has 1 heterocycles. The number of carboxylic acid groups (broad SMARTS) is 1. The van der Waals surface area contributed by atoms with E-state index >= 15 is 0 Å². The molecule has 1 fully saturated rings. The van der Waals surface area contributed by atoms with Gasteiger partial charge in [0, 0.05) is 12.1 Å². The predicted molar refractivity (Wildman–Crippen MR) is 65.6 cm³/mol. The number of aromatic nitrogens is 2. The fourth-order valence-corrected chi connectivity index (χ4v) is 2.28.